The topological polar surface area (TPSA) is 95.1 Å². The summed E-state index contributed by atoms with van der Waals surface area (Å²) in [5, 5.41) is 19.1. The molecule has 1 aromatic carbocycles. The third-order valence-electron chi connectivity index (χ3n) is 4.26. The summed E-state index contributed by atoms with van der Waals surface area (Å²) in [6, 6.07) is 12.2. The Bertz CT molecular complexity index is 953. The minimum absolute atomic E-state index is 0.0278. The fraction of sp³-hybridized carbons (Fsp3) is 0.263. The number of aryl methyl sites for hydroxylation is 2. The van der Waals surface area contributed by atoms with Gasteiger partial charge in [-0.05, 0) is 12.5 Å². The third kappa shape index (κ3) is 3.74. The van der Waals surface area contributed by atoms with E-state index in [4.69, 9.17) is 4.74 Å². The highest BCUT2D eigenvalue weighted by molar-refractivity contribution is 5.71. The molecule has 140 valence electrons. The van der Waals surface area contributed by atoms with Crippen LogP contribution in [0.15, 0.2) is 42.5 Å². The van der Waals surface area contributed by atoms with Gasteiger partial charge >= 0.3 is 0 Å². The van der Waals surface area contributed by atoms with E-state index in [9.17, 15) is 10.1 Å². The summed E-state index contributed by atoms with van der Waals surface area (Å²) in [6.07, 6.45) is 0.775. The molecule has 2 aromatic heterocycles. The number of pyridine rings is 1. The number of rotatable bonds is 7. The van der Waals surface area contributed by atoms with Gasteiger partial charge in [0.05, 0.1) is 23.3 Å². The molecule has 2 heterocycles. The minimum atomic E-state index is -0.418. The van der Waals surface area contributed by atoms with Crippen molar-refractivity contribution in [1.29, 1.82) is 0 Å². The molecule has 0 amide bonds. The first-order valence-electron chi connectivity index (χ1n) is 8.58. The van der Waals surface area contributed by atoms with Crippen molar-refractivity contribution in [3.05, 3.63) is 63.8 Å². The van der Waals surface area contributed by atoms with Gasteiger partial charge in [-0.25, -0.2) is 9.67 Å². The maximum atomic E-state index is 11.4. The smallest absolute Gasteiger partial charge is 0.295 e. The Labute approximate surface area is 157 Å². The molecule has 0 atom stereocenters. The maximum absolute atomic E-state index is 11.4. The highest BCUT2D eigenvalue weighted by Crippen LogP contribution is 2.30. The quantitative estimate of drug-likeness (QED) is 0.507. The summed E-state index contributed by atoms with van der Waals surface area (Å²) >= 11 is 0. The largest absolute Gasteiger partial charge is 0.481 e. The van der Waals surface area contributed by atoms with Crippen LogP contribution in [0.3, 0.4) is 0 Å². The van der Waals surface area contributed by atoms with Gasteiger partial charge in [0.2, 0.25) is 5.88 Å². The van der Waals surface area contributed by atoms with Gasteiger partial charge in [0.25, 0.3) is 5.69 Å². The lowest BCUT2D eigenvalue weighted by molar-refractivity contribution is -0.384. The minimum Gasteiger partial charge on any atom is -0.481 e. The molecule has 1 N–H and O–H groups in total. The van der Waals surface area contributed by atoms with Gasteiger partial charge in [0, 0.05) is 25.2 Å². The first-order chi connectivity index (χ1) is 13.0. The second-order valence-corrected chi connectivity index (χ2v) is 5.95. The van der Waals surface area contributed by atoms with Crippen LogP contribution >= 0.6 is 0 Å². The Morgan fingerprint density at radius 2 is 1.96 bits per heavy atom. The van der Waals surface area contributed by atoms with E-state index < -0.39 is 4.92 Å². The molecule has 0 saturated heterocycles. The van der Waals surface area contributed by atoms with Gasteiger partial charge in [0.15, 0.2) is 5.69 Å². The number of aromatic nitrogens is 3. The normalized spacial score (nSPS) is 10.6. The average Bonchev–Trinajstić information content (AvgIpc) is 3.01. The fourth-order valence-electron chi connectivity index (χ4n) is 3.01. The average molecular weight is 367 g/mol. The zero-order chi connectivity index (χ0) is 19.4. The Morgan fingerprint density at radius 1 is 1.22 bits per heavy atom. The van der Waals surface area contributed by atoms with Crippen molar-refractivity contribution in [2.75, 3.05) is 12.4 Å². The zero-order valence-corrected chi connectivity index (χ0v) is 15.5. The van der Waals surface area contributed by atoms with Gasteiger partial charge in [-0.1, -0.05) is 37.3 Å². The number of hydrogen-bond donors (Lipinski definition) is 1. The first-order valence-corrected chi connectivity index (χ1v) is 8.58. The molecular formula is C19H21N5O3. The van der Waals surface area contributed by atoms with E-state index in [-0.39, 0.29) is 5.69 Å². The highest BCUT2D eigenvalue weighted by Gasteiger charge is 2.19. The summed E-state index contributed by atoms with van der Waals surface area (Å²) in [5.41, 5.74) is 2.89. The van der Waals surface area contributed by atoms with E-state index in [1.807, 2.05) is 32.2 Å². The van der Waals surface area contributed by atoms with E-state index in [1.165, 1.54) is 6.07 Å². The standard InChI is InChI=1S/C19H21N5O3/c1-4-15-14(19(27-3)23(2)22-15)12-20-17-11-10-16(24(25)26)18(21-17)13-8-6-5-7-9-13/h5-11H,4,12H2,1-3H3,(H,20,21). The lowest BCUT2D eigenvalue weighted by atomic mass is 10.1. The van der Waals surface area contributed by atoms with Gasteiger partial charge < -0.3 is 10.1 Å². The van der Waals surface area contributed by atoms with Gasteiger partial charge in [-0.15, -0.1) is 0 Å². The van der Waals surface area contributed by atoms with Gasteiger partial charge in [-0.2, -0.15) is 5.10 Å². The van der Waals surface area contributed by atoms with Gasteiger partial charge in [-0.3, -0.25) is 10.1 Å². The van der Waals surface area contributed by atoms with Gasteiger partial charge in [0.1, 0.15) is 5.82 Å². The molecule has 0 aliphatic heterocycles. The van der Waals surface area contributed by atoms with Crippen LogP contribution in [-0.4, -0.2) is 26.8 Å². The molecular weight excluding hydrogens is 346 g/mol. The molecule has 27 heavy (non-hydrogen) atoms. The molecule has 0 saturated carbocycles. The van der Waals surface area contributed by atoms with Crippen LogP contribution in [0.5, 0.6) is 5.88 Å². The van der Waals surface area contributed by atoms with Crippen LogP contribution < -0.4 is 10.1 Å². The second kappa shape index (κ2) is 7.86. The van der Waals surface area contributed by atoms with E-state index >= 15 is 0 Å². The Morgan fingerprint density at radius 3 is 2.59 bits per heavy atom. The van der Waals surface area contributed by atoms with Crippen LogP contribution in [0.4, 0.5) is 11.5 Å². The molecule has 3 rings (SSSR count). The summed E-state index contributed by atoms with van der Waals surface area (Å²) in [7, 11) is 3.44. The number of hydrogen-bond acceptors (Lipinski definition) is 6. The molecule has 0 spiro atoms. The van der Waals surface area contributed by atoms with Crippen LogP contribution in [0.1, 0.15) is 18.2 Å². The summed E-state index contributed by atoms with van der Waals surface area (Å²) in [5.74, 6) is 1.23. The molecule has 8 nitrogen and oxygen atoms in total. The SMILES string of the molecule is CCc1nn(C)c(OC)c1CNc1ccc([N+](=O)[O-])c(-c2ccccc2)n1. The third-order valence-corrected chi connectivity index (χ3v) is 4.26. The van der Waals surface area contributed by atoms with Crippen molar-refractivity contribution in [2.45, 2.75) is 19.9 Å². The summed E-state index contributed by atoms with van der Waals surface area (Å²) in [4.78, 5) is 15.4. The van der Waals surface area contributed by atoms with Crippen LogP contribution in [0.25, 0.3) is 11.3 Å². The van der Waals surface area contributed by atoms with Crippen molar-refractivity contribution in [3.8, 4) is 17.1 Å². The predicted molar refractivity (Wildman–Crippen MR) is 103 cm³/mol. The number of anilines is 1. The summed E-state index contributed by atoms with van der Waals surface area (Å²) < 4.78 is 7.14. The van der Waals surface area contributed by atoms with E-state index in [0.717, 1.165) is 17.7 Å². The van der Waals surface area contributed by atoms with Crippen LogP contribution in [0.2, 0.25) is 0 Å². The van der Waals surface area contributed by atoms with Crippen molar-refractivity contribution in [2.24, 2.45) is 7.05 Å². The van der Waals surface area contributed by atoms with E-state index in [2.05, 4.69) is 15.4 Å². The maximum Gasteiger partial charge on any atom is 0.295 e. The molecule has 0 unspecified atom stereocenters. The predicted octanol–water partition coefficient (Wildman–Crippen LogP) is 3.57. The summed E-state index contributed by atoms with van der Waals surface area (Å²) in [6.45, 7) is 2.49. The number of benzene rings is 1. The molecule has 0 aliphatic carbocycles. The lowest BCUT2D eigenvalue weighted by Gasteiger charge is -2.10. The second-order valence-electron chi connectivity index (χ2n) is 5.95. The van der Waals surface area contributed by atoms with Crippen molar-refractivity contribution < 1.29 is 9.66 Å². The molecule has 0 aliphatic rings. The highest BCUT2D eigenvalue weighted by atomic mass is 16.6. The van der Waals surface area contributed by atoms with E-state index in [1.54, 1.807) is 30.0 Å². The van der Waals surface area contributed by atoms with Crippen molar-refractivity contribution in [1.82, 2.24) is 14.8 Å². The molecule has 0 bridgehead atoms. The Balaban J connectivity index is 1.92. The van der Waals surface area contributed by atoms with Crippen molar-refractivity contribution >= 4 is 11.5 Å². The zero-order valence-electron chi connectivity index (χ0n) is 15.5. The lowest BCUT2D eigenvalue weighted by Crippen LogP contribution is -2.06. The van der Waals surface area contributed by atoms with Crippen molar-refractivity contribution in [3.63, 3.8) is 0 Å². The Hall–Kier alpha value is -3.42. The Kier molecular flexibility index (Phi) is 5.35. The molecule has 0 fully saturated rings. The first kappa shape index (κ1) is 18.4. The number of ether oxygens (including phenoxy) is 1. The number of nitrogens with one attached hydrogen (secondary N) is 1. The number of methoxy groups -OCH3 is 1. The van der Waals surface area contributed by atoms with Crippen LogP contribution in [-0.2, 0) is 20.0 Å². The molecule has 0 radical (unpaired) electrons. The molecule has 8 heteroatoms. The number of nitrogens with zero attached hydrogens (tertiary/aromatic N) is 4. The molecule has 3 aromatic rings. The van der Waals surface area contributed by atoms with Crippen LogP contribution in [0, 0.1) is 10.1 Å². The monoisotopic (exact) mass is 367 g/mol. The number of nitro groups is 1. The fourth-order valence-corrected chi connectivity index (χ4v) is 3.01. The van der Waals surface area contributed by atoms with E-state index in [0.29, 0.717) is 29.5 Å².